The Bertz CT molecular complexity index is 1110. The van der Waals surface area contributed by atoms with Crippen molar-refractivity contribution >= 4 is 37.6 Å². The Labute approximate surface area is 168 Å². The van der Waals surface area contributed by atoms with E-state index in [1.54, 1.807) is 17.5 Å². The van der Waals surface area contributed by atoms with Crippen molar-refractivity contribution in [3.63, 3.8) is 0 Å². The zero-order valence-corrected chi connectivity index (χ0v) is 17.0. The summed E-state index contributed by atoms with van der Waals surface area (Å²) >= 11 is 1.56. The molecule has 0 aliphatic rings. The van der Waals surface area contributed by atoms with Gasteiger partial charge in [0.05, 0.1) is 28.4 Å². The molecule has 0 saturated carbocycles. The molecule has 0 aliphatic heterocycles. The highest BCUT2D eigenvalue weighted by atomic mass is 32.1. The molecule has 144 valence electrons. The zero-order valence-electron chi connectivity index (χ0n) is 16.1. The Balaban J connectivity index is 1.61. The number of rotatable bonds is 5. The average Bonchev–Trinajstić information content (AvgIpc) is 3.07. The number of aromatic nitrogens is 2. The fraction of sp³-hybridized carbons (Fsp3) is 0.273. The van der Waals surface area contributed by atoms with Crippen LogP contribution in [0.25, 0.3) is 21.1 Å². The number of thiazole rings is 1. The van der Waals surface area contributed by atoms with Crippen molar-refractivity contribution in [1.29, 1.82) is 0 Å². The SMILES string of the molecule is CC(C)(C)C(CO)Nc1nc2ccc(Oc3ccnc4ccccc34)cc2s1. The van der Waals surface area contributed by atoms with Crippen molar-refractivity contribution in [2.75, 3.05) is 11.9 Å². The van der Waals surface area contributed by atoms with Gasteiger partial charge in [-0.1, -0.05) is 44.2 Å². The van der Waals surface area contributed by atoms with E-state index in [2.05, 4.69) is 36.1 Å². The fourth-order valence-electron chi connectivity index (χ4n) is 3.00. The number of ether oxygens (including phenoxy) is 1. The third-order valence-corrected chi connectivity index (χ3v) is 5.67. The van der Waals surface area contributed by atoms with E-state index in [4.69, 9.17) is 4.74 Å². The lowest BCUT2D eigenvalue weighted by Gasteiger charge is -2.29. The number of para-hydroxylation sites is 1. The molecule has 0 amide bonds. The number of fused-ring (bicyclic) bond motifs is 2. The number of aliphatic hydroxyl groups excluding tert-OH is 1. The Morgan fingerprint density at radius 2 is 1.93 bits per heavy atom. The molecule has 28 heavy (non-hydrogen) atoms. The van der Waals surface area contributed by atoms with Gasteiger partial charge in [0.25, 0.3) is 0 Å². The monoisotopic (exact) mass is 393 g/mol. The molecule has 0 saturated heterocycles. The standard InChI is InChI=1S/C22H23N3O2S/c1-22(2,3)20(13-26)25-21-24-17-9-8-14(12-19(17)28-21)27-18-10-11-23-16-7-5-4-6-15(16)18/h4-12,20,26H,13H2,1-3H3,(H,24,25). The molecule has 2 aromatic heterocycles. The number of hydrogen-bond acceptors (Lipinski definition) is 6. The number of pyridine rings is 1. The molecular formula is C22H23N3O2S. The van der Waals surface area contributed by atoms with Gasteiger partial charge in [0.1, 0.15) is 11.5 Å². The summed E-state index contributed by atoms with van der Waals surface area (Å²) < 4.78 is 7.18. The molecule has 4 aromatic rings. The van der Waals surface area contributed by atoms with E-state index in [0.29, 0.717) is 0 Å². The maximum absolute atomic E-state index is 9.68. The number of benzene rings is 2. The van der Waals surface area contributed by atoms with Crippen LogP contribution < -0.4 is 10.1 Å². The van der Waals surface area contributed by atoms with Crippen LogP contribution in [0.2, 0.25) is 0 Å². The molecule has 0 aliphatic carbocycles. The summed E-state index contributed by atoms with van der Waals surface area (Å²) in [6.07, 6.45) is 1.76. The minimum atomic E-state index is -0.0662. The van der Waals surface area contributed by atoms with E-state index in [9.17, 15) is 5.11 Å². The van der Waals surface area contributed by atoms with Gasteiger partial charge >= 0.3 is 0 Å². The van der Waals surface area contributed by atoms with Crippen LogP contribution in [0.4, 0.5) is 5.13 Å². The zero-order chi connectivity index (χ0) is 19.7. The molecular weight excluding hydrogens is 370 g/mol. The van der Waals surface area contributed by atoms with Crippen LogP contribution in [0, 0.1) is 5.41 Å². The lowest BCUT2D eigenvalue weighted by atomic mass is 9.87. The number of hydrogen-bond donors (Lipinski definition) is 2. The molecule has 6 heteroatoms. The van der Waals surface area contributed by atoms with Crippen molar-refractivity contribution in [3.8, 4) is 11.5 Å². The van der Waals surface area contributed by atoms with Gasteiger partial charge in [-0.2, -0.15) is 0 Å². The van der Waals surface area contributed by atoms with Crippen molar-refractivity contribution < 1.29 is 9.84 Å². The van der Waals surface area contributed by atoms with Crippen molar-refractivity contribution in [3.05, 3.63) is 54.7 Å². The van der Waals surface area contributed by atoms with Crippen LogP contribution >= 0.6 is 11.3 Å². The van der Waals surface area contributed by atoms with Gasteiger partial charge in [0.15, 0.2) is 5.13 Å². The third kappa shape index (κ3) is 3.79. The van der Waals surface area contributed by atoms with Crippen LogP contribution in [0.5, 0.6) is 11.5 Å². The number of aliphatic hydroxyl groups is 1. The third-order valence-electron chi connectivity index (χ3n) is 4.72. The van der Waals surface area contributed by atoms with Gasteiger partial charge in [-0.25, -0.2) is 4.98 Å². The average molecular weight is 394 g/mol. The van der Waals surface area contributed by atoms with E-state index < -0.39 is 0 Å². The number of anilines is 1. The first-order chi connectivity index (χ1) is 13.4. The first-order valence-corrected chi connectivity index (χ1v) is 10.1. The van der Waals surface area contributed by atoms with Crippen molar-refractivity contribution in [1.82, 2.24) is 9.97 Å². The maximum atomic E-state index is 9.68. The van der Waals surface area contributed by atoms with Crippen molar-refractivity contribution in [2.45, 2.75) is 26.8 Å². The fourth-order valence-corrected chi connectivity index (χ4v) is 3.95. The molecule has 2 aromatic carbocycles. The minimum absolute atomic E-state index is 0.0584. The second-order valence-corrected chi connectivity index (χ2v) is 8.85. The largest absolute Gasteiger partial charge is 0.457 e. The molecule has 0 bridgehead atoms. The maximum Gasteiger partial charge on any atom is 0.184 e. The molecule has 1 unspecified atom stereocenters. The summed E-state index contributed by atoms with van der Waals surface area (Å²) in [7, 11) is 0. The highest BCUT2D eigenvalue weighted by molar-refractivity contribution is 7.22. The second-order valence-electron chi connectivity index (χ2n) is 7.82. The van der Waals surface area contributed by atoms with Crippen LogP contribution in [0.15, 0.2) is 54.7 Å². The molecule has 0 fully saturated rings. The van der Waals surface area contributed by atoms with Crippen LogP contribution in [-0.2, 0) is 0 Å². The van der Waals surface area contributed by atoms with Gasteiger partial charge in [-0.15, -0.1) is 0 Å². The molecule has 4 rings (SSSR count). The summed E-state index contributed by atoms with van der Waals surface area (Å²) in [5.74, 6) is 1.54. The van der Waals surface area contributed by atoms with Gasteiger partial charge in [0.2, 0.25) is 0 Å². The summed E-state index contributed by atoms with van der Waals surface area (Å²) in [5.41, 5.74) is 1.75. The van der Waals surface area contributed by atoms with Crippen molar-refractivity contribution in [2.24, 2.45) is 5.41 Å². The normalized spacial score (nSPS) is 13.0. The summed E-state index contributed by atoms with van der Waals surface area (Å²) in [5, 5.41) is 14.8. The highest BCUT2D eigenvalue weighted by Gasteiger charge is 2.24. The lowest BCUT2D eigenvalue weighted by molar-refractivity contribution is 0.202. The molecule has 2 heterocycles. The highest BCUT2D eigenvalue weighted by Crippen LogP contribution is 2.34. The predicted octanol–water partition coefficient (Wildman–Crippen LogP) is 5.46. The van der Waals surface area contributed by atoms with Gasteiger partial charge in [-0.05, 0) is 35.7 Å². The van der Waals surface area contributed by atoms with Crippen LogP contribution in [0.3, 0.4) is 0 Å². The first kappa shape index (κ1) is 18.7. The van der Waals surface area contributed by atoms with Gasteiger partial charge in [-0.3, -0.25) is 4.98 Å². The van der Waals surface area contributed by atoms with Gasteiger partial charge in [0, 0.05) is 17.6 Å². The van der Waals surface area contributed by atoms with E-state index in [1.807, 2.05) is 48.5 Å². The number of nitrogens with zero attached hydrogens (tertiary/aromatic N) is 2. The lowest BCUT2D eigenvalue weighted by Crippen LogP contribution is -2.37. The number of nitrogens with one attached hydrogen (secondary N) is 1. The molecule has 1 atom stereocenters. The Morgan fingerprint density at radius 1 is 1.11 bits per heavy atom. The quantitative estimate of drug-likeness (QED) is 0.471. The Kier molecular flexibility index (Phi) is 4.91. The minimum Gasteiger partial charge on any atom is -0.457 e. The topological polar surface area (TPSA) is 67.3 Å². The van der Waals surface area contributed by atoms with E-state index in [0.717, 1.165) is 37.8 Å². The summed E-state index contributed by atoms with van der Waals surface area (Å²) in [6.45, 7) is 6.35. The van der Waals surface area contributed by atoms with E-state index in [1.165, 1.54) is 0 Å². The molecule has 0 spiro atoms. The van der Waals surface area contributed by atoms with Crippen LogP contribution in [0.1, 0.15) is 20.8 Å². The molecule has 5 nitrogen and oxygen atoms in total. The predicted molar refractivity (Wildman–Crippen MR) is 115 cm³/mol. The molecule has 2 N–H and O–H groups in total. The Morgan fingerprint density at radius 3 is 2.71 bits per heavy atom. The Hall–Kier alpha value is -2.70. The molecule has 0 radical (unpaired) electrons. The summed E-state index contributed by atoms with van der Waals surface area (Å²) in [4.78, 5) is 9.02. The van der Waals surface area contributed by atoms with Gasteiger partial charge < -0.3 is 15.2 Å². The van der Waals surface area contributed by atoms with E-state index in [-0.39, 0.29) is 18.1 Å². The van der Waals surface area contributed by atoms with Crippen LogP contribution in [-0.4, -0.2) is 27.7 Å². The summed E-state index contributed by atoms with van der Waals surface area (Å²) in [6, 6.07) is 15.6. The van der Waals surface area contributed by atoms with E-state index >= 15 is 0 Å². The second kappa shape index (κ2) is 7.37. The smallest absolute Gasteiger partial charge is 0.184 e. The first-order valence-electron chi connectivity index (χ1n) is 9.23.